The Morgan fingerprint density at radius 1 is 0.966 bits per heavy atom. The highest BCUT2D eigenvalue weighted by Crippen LogP contribution is 2.31. The van der Waals surface area contributed by atoms with Gasteiger partial charge < -0.3 is 24.0 Å². The maximum atomic E-state index is 12.8. The number of halogens is 1. The Kier molecular flexibility index (Phi) is 5.89. The molecule has 0 aromatic heterocycles. The highest BCUT2D eigenvalue weighted by molar-refractivity contribution is 9.10. The van der Waals surface area contributed by atoms with Crippen molar-refractivity contribution in [2.45, 2.75) is 6.10 Å². The van der Waals surface area contributed by atoms with Crippen molar-refractivity contribution >= 4 is 27.7 Å². The van der Waals surface area contributed by atoms with E-state index >= 15 is 0 Å². The second-order valence-electron chi connectivity index (χ2n) is 6.79. The van der Waals surface area contributed by atoms with Crippen LogP contribution in [0.5, 0.6) is 17.2 Å². The molecule has 0 aliphatic carbocycles. The summed E-state index contributed by atoms with van der Waals surface area (Å²) in [6.45, 7) is 2.01. The lowest BCUT2D eigenvalue weighted by molar-refractivity contribution is -0.146. The summed E-state index contributed by atoms with van der Waals surface area (Å²) in [7, 11) is 0. The number of para-hydroxylation sites is 3. The van der Waals surface area contributed by atoms with Gasteiger partial charge in [0.15, 0.2) is 18.1 Å². The smallest absolute Gasteiger partial charge is 0.267 e. The largest absolute Gasteiger partial charge is 0.485 e. The van der Waals surface area contributed by atoms with Gasteiger partial charge in [0, 0.05) is 26.2 Å². The lowest BCUT2D eigenvalue weighted by Crippen LogP contribution is -2.55. The summed E-state index contributed by atoms with van der Waals surface area (Å²) in [6.07, 6.45) is -0.661. The number of carbonyl (C=O) groups is 2. The molecule has 1 fully saturated rings. The molecule has 29 heavy (non-hydrogen) atoms. The molecule has 8 heteroatoms. The van der Waals surface area contributed by atoms with E-state index in [1.807, 2.05) is 36.4 Å². The van der Waals surface area contributed by atoms with Crippen LogP contribution in [0, 0.1) is 0 Å². The predicted octanol–water partition coefficient (Wildman–Crippen LogP) is 2.34. The van der Waals surface area contributed by atoms with Gasteiger partial charge in [-0.2, -0.15) is 0 Å². The zero-order chi connectivity index (χ0) is 20.2. The molecule has 2 amide bonds. The number of ether oxygens (including phenoxy) is 3. The van der Waals surface area contributed by atoms with Crippen molar-refractivity contribution in [2.75, 3.05) is 39.4 Å². The minimum absolute atomic E-state index is 0.0348. The first-order valence-corrected chi connectivity index (χ1v) is 10.2. The summed E-state index contributed by atoms with van der Waals surface area (Å²) in [5, 5.41) is 0. The van der Waals surface area contributed by atoms with Crippen molar-refractivity contribution < 1.29 is 23.8 Å². The molecule has 2 aliphatic heterocycles. The normalized spacial score (nSPS) is 18.3. The highest BCUT2D eigenvalue weighted by atomic mass is 79.9. The van der Waals surface area contributed by atoms with Gasteiger partial charge in [0.25, 0.3) is 11.8 Å². The van der Waals surface area contributed by atoms with Gasteiger partial charge in [0.05, 0.1) is 4.47 Å². The van der Waals surface area contributed by atoms with E-state index in [-0.39, 0.29) is 25.0 Å². The van der Waals surface area contributed by atoms with Crippen LogP contribution in [0.2, 0.25) is 0 Å². The molecule has 0 radical (unpaired) electrons. The number of piperazine rings is 1. The second kappa shape index (κ2) is 8.73. The number of amides is 2. The van der Waals surface area contributed by atoms with Gasteiger partial charge in [-0.1, -0.05) is 24.3 Å². The number of fused-ring (bicyclic) bond motifs is 1. The molecule has 0 spiro atoms. The first kappa shape index (κ1) is 19.6. The molecular formula is C21H21BrN2O5. The maximum absolute atomic E-state index is 12.8. The van der Waals surface area contributed by atoms with Crippen LogP contribution in [0.15, 0.2) is 53.0 Å². The molecule has 2 aromatic rings. The Hall–Kier alpha value is -2.74. The lowest BCUT2D eigenvalue weighted by Gasteiger charge is -2.37. The molecule has 1 unspecified atom stereocenters. The average Bonchev–Trinajstić information content (AvgIpc) is 2.77. The number of carbonyl (C=O) groups excluding carboxylic acids is 2. The zero-order valence-electron chi connectivity index (χ0n) is 15.8. The molecule has 0 saturated carbocycles. The Labute approximate surface area is 177 Å². The first-order valence-electron chi connectivity index (χ1n) is 9.44. The SMILES string of the molecule is O=C(COc1ccccc1Br)N1CCN(C(=O)C2COc3ccccc3O2)CC1. The van der Waals surface area contributed by atoms with Gasteiger partial charge in [-0.25, -0.2) is 0 Å². The quantitative estimate of drug-likeness (QED) is 0.700. The van der Waals surface area contributed by atoms with Gasteiger partial charge in [0.1, 0.15) is 12.4 Å². The van der Waals surface area contributed by atoms with Crippen LogP contribution >= 0.6 is 15.9 Å². The zero-order valence-corrected chi connectivity index (χ0v) is 17.3. The van der Waals surface area contributed by atoms with Crippen molar-refractivity contribution in [1.82, 2.24) is 9.80 Å². The third-order valence-electron chi connectivity index (χ3n) is 4.92. The van der Waals surface area contributed by atoms with E-state index in [0.717, 1.165) is 4.47 Å². The van der Waals surface area contributed by atoms with Crippen molar-refractivity contribution in [3.63, 3.8) is 0 Å². The summed E-state index contributed by atoms with van der Waals surface area (Å²) >= 11 is 3.40. The second-order valence-corrected chi connectivity index (χ2v) is 7.64. The number of hydrogen-bond donors (Lipinski definition) is 0. The van der Waals surface area contributed by atoms with Crippen LogP contribution in [0.3, 0.4) is 0 Å². The summed E-state index contributed by atoms with van der Waals surface area (Å²) < 4.78 is 17.8. The number of nitrogens with zero attached hydrogens (tertiary/aromatic N) is 2. The van der Waals surface area contributed by atoms with Crippen LogP contribution in [0.25, 0.3) is 0 Å². The number of benzene rings is 2. The van der Waals surface area contributed by atoms with Gasteiger partial charge >= 0.3 is 0 Å². The number of rotatable bonds is 4. The Bertz CT molecular complexity index is 898. The Morgan fingerprint density at radius 2 is 1.62 bits per heavy atom. The molecule has 1 atom stereocenters. The van der Waals surface area contributed by atoms with E-state index < -0.39 is 6.10 Å². The Morgan fingerprint density at radius 3 is 2.38 bits per heavy atom. The first-order chi connectivity index (χ1) is 14.1. The van der Waals surface area contributed by atoms with Crippen LogP contribution < -0.4 is 14.2 Å². The maximum Gasteiger partial charge on any atom is 0.267 e. The van der Waals surface area contributed by atoms with E-state index in [4.69, 9.17) is 14.2 Å². The summed E-state index contributed by atoms with van der Waals surface area (Å²) in [5.41, 5.74) is 0. The molecule has 2 aromatic carbocycles. The number of hydrogen-bond acceptors (Lipinski definition) is 5. The van der Waals surface area contributed by atoms with E-state index in [2.05, 4.69) is 15.9 Å². The van der Waals surface area contributed by atoms with E-state index in [0.29, 0.717) is 43.4 Å². The predicted molar refractivity (Wildman–Crippen MR) is 109 cm³/mol. The van der Waals surface area contributed by atoms with Crippen LogP contribution in [0.4, 0.5) is 0 Å². The third kappa shape index (κ3) is 4.48. The summed E-state index contributed by atoms with van der Waals surface area (Å²) in [5.74, 6) is 1.65. The van der Waals surface area contributed by atoms with Crippen molar-refractivity contribution in [3.8, 4) is 17.2 Å². The molecule has 2 aliphatic rings. The van der Waals surface area contributed by atoms with Crippen LogP contribution in [0.1, 0.15) is 0 Å². The molecule has 1 saturated heterocycles. The summed E-state index contributed by atoms with van der Waals surface area (Å²) in [4.78, 5) is 28.6. The minimum Gasteiger partial charge on any atom is -0.485 e. The molecule has 152 valence electrons. The average molecular weight is 461 g/mol. The molecule has 0 N–H and O–H groups in total. The molecule has 2 heterocycles. The standard InChI is InChI=1S/C21H21BrN2O5/c22-15-5-1-2-6-16(15)28-14-20(25)23-9-11-24(12-10-23)21(26)19-13-27-17-7-3-4-8-18(17)29-19/h1-8,19H,9-14H2. The van der Waals surface area contributed by atoms with E-state index in [1.54, 1.807) is 21.9 Å². The fraction of sp³-hybridized carbons (Fsp3) is 0.333. The lowest BCUT2D eigenvalue weighted by atomic mass is 10.2. The fourth-order valence-electron chi connectivity index (χ4n) is 3.31. The molecule has 0 bridgehead atoms. The monoisotopic (exact) mass is 460 g/mol. The Balaban J connectivity index is 1.26. The van der Waals surface area contributed by atoms with Gasteiger partial charge in [0.2, 0.25) is 6.10 Å². The fourth-order valence-corrected chi connectivity index (χ4v) is 3.71. The van der Waals surface area contributed by atoms with E-state index in [9.17, 15) is 9.59 Å². The van der Waals surface area contributed by atoms with Crippen molar-refractivity contribution in [1.29, 1.82) is 0 Å². The topological polar surface area (TPSA) is 68.3 Å². The van der Waals surface area contributed by atoms with Crippen LogP contribution in [-0.2, 0) is 9.59 Å². The summed E-state index contributed by atoms with van der Waals surface area (Å²) in [6, 6.07) is 14.7. The highest BCUT2D eigenvalue weighted by Gasteiger charge is 2.33. The van der Waals surface area contributed by atoms with Crippen molar-refractivity contribution in [2.24, 2.45) is 0 Å². The minimum atomic E-state index is -0.661. The van der Waals surface area contributed by atoms with Gasteiger partial charge in [-0.15, -0.1) is 0 Å². The van der Waals surface area contributed by atoms with Crippen LogP contribution in [-0.4, -0.2) is 67.1 Å². The molecule has 7 nitrogen and oxygen atoms in total. The molecular weight excluding hydrogens is 440 g/mol. The van der Waals surface area contributed by atoms with Gasteiger partial charge in [-0.3, -0.25) is 9.59 Å². The van der Waals surface area contributed by atoms with Crippen molar-refractivity contribution in [3.05, 3.63) is 53.0 Å². The van der Waals surface area contributed by atoms with Gasteiger partial charge in [-0.05, 0) is 40.2 Å². The third-order valence-corrected chi connectivity index (χ3v) is 5.57. The molecule has 4 rings (SSSR count). The van der Waals surface area contributed by atoms with E-state index in [1.165, 1.54) is 0 Å².